The molecule has 14 heteroatoms. The van der Waals surface area contributed by atoms with Crippen molar-refractivity contribution in [1.29, 1.82) is 0 Å². The lowest BCUT2D eigenvalue weighted by atomic mass is 9.44. The second-order valence-electron chi connectivity index (χ2n) is 15.6. The number of benzene rings is 2. The van der Waals surface area contributed by atoms with Crippen LogP contribution in [0.3, 0.4) is 0 Å². The Balaban J connectivity index is 1.58. The number of carbonyl (C=O) groups excluding carboxylic acids is 5. The minimum atomic E-state index is -2.32. The highest BCUT2D eigenvalue weighted by Gasteiger charge is 2.78. The van der Waals surface area contributed by atoms with Crippen molar-refractivity contribution in [1.82, 2.24) is 0 Å². The fourth-order valence-electron chi connectivity index (χ4n) is 9.23. The van der Waals surface area contributed by atoms with Gasteiger partial charge in [-0.05, 0) is 42.7 Å². The number of Topliss-reactive ketones (excluding diaryl/α,β-unsaturated/α-hetero) is 1. The van der Waals surface area contributed by atoms with Crippen LogP contribution in [0.1, 0.15) is 76.3 Å². The van der Waals surface area contributed by atoms with Crippen LogP contribution in [-0.4, -0.2) is 99.4 Å². The zero-order valence-electron chi connectivity index (χ0n) is 31.0. The summed E-state index contributed by atoms with van der Waals surface area (Å²) in [5, 5.41) is 36.5. The summed E-state index contributed by atoms with van der Waals surface area (Å²) in [4.78, 5) is 68.7. The second kappa shape index (κ2) is 14.0. The van der Waals surface area contributed by atoms with Gasteiger partial charge >= 0.3 is 23.9 Å². The summed E-state index contributed by atoms with van der Waals surface area (Å²) in [5.41, 5.74) is -0.605. The Labute approximate surface area is 312 Å². The van der Waals surface area contributed by atoms with Crippen molar-refractivity contribution in [3.8, 4) is 0 Å². The Morgan fingerprint density at radius 1 is 0.926 bits per heavy atom. The maximum atomic E-state index is 15.3. The molecule has 0 aromatic heterocycles. The predicted molar refractivity (Wildman–Crippen MR) is 188 cm³/mol. The lowest BCUT2D eigenvalue weighted by Crippen LogP contribution is -2.82. The number of ether oxygens (including phenoxy) is 5. The maximum absolute atomic E-state index is 15.3. The van der Waals surface area contributed by atoms with Gasteiger partial charge in [-0.2, -0.15) is 0 Å². The summed E-state index contributed by atoms with van der Waals surface area (Å²) in [7, 11) is 0. The van der Waals surface area contributed by atoms with Crippen molar-refractivity contribution in [2.75, 3.05) is 6.61 Å². The van der Waals surface area contributed by atoms with Gasteiger partial charge in [0.25, 0.3) is 0 Å². The first-order valence-corrected chi connectivity index (χ1v) is 17.9. The smallest absolute Gasteiger partial charge is 0.338 e. The molecule has 11 atom stereocenters. The molecule has 1 aliphatic heterocycles. The molecule has 0 unspecified atom stereocenters. The van der Waals surface area contributed by atoms with E-state index in [-0.39, 0.29) is 29.7 Å². The third-order valence-electron chi connectivity index (χ3n) is 12.2. The highest BCUT2D eigenvalue weighted by atomic mass is 16.6. The van der Waals surface area contributed by atoms with Crippen molar-refractivity contribution < 1.29 is 63.0 Å². The van der Waals surface area contributed by atoms with Crippen molar-refractivity contribution in [2.45, 2.75) is 108 Å². The van der Waals surface area contributed by atoms with Gasteiger partial charge in [0.1, 0.15) is 23.9 Å². The predicted octanol–water partition coefficient (Wildman–Crippen LogP) is 2.26. The first kappa shape index (κ1) is 39.2. The van der Waals surface area contributed by atoms with E-state index in [1.54, 1.807) is 69.3 Å². The molecular weight excluding hydrogens is 702 g/mol. The maximum Gasteiger partial charge on any atom is 0.338 e. The molecule has 14 nitrogen and oxygen atoms in total. The molecule has 1 heterocycles. The van der Waals surface area contributed by atoms with Gasteiger partial charge in [0, 0.05) is 32.1 Å². The van der Waals surface area contributed by atoms with Gasteiger partial charge < -0.3 is 44.7 Å². The molecule has 54 heavy (non-hydrogen) atoms. The van der Waals surface area contributed by atoms with E-state index in [1.807, 2.05) is 0 Å². The van der Waals surface area contributed by atoms with E-state index in [9.17, 15) is 34.5 Å². The SMILES string of the molecule is CC(=O)O[C@H]1C(=O)[C@@]2(C)[C@H]([C@H](OC(=O)c3ccccc3)[C@]3(O)C[C@H](OC(=O)[C@H](O)[C@@H](N)c4ccccc4)C(C)=C1C3(C)C)[C@]1(OC(C)=O)CO[C@@H]1C[C@@H]2O. The molecule has 6 rings (SSSR count). The third-order valence-corrected chi connectivity index (χ3v) is 12.2. The number of esters is 4. The van der Waals surface area contributed by atoms with Crippen LogP contribution >= 0.6 is 0 Å². The summed E-state index contributed by atoms with van der Waals surface area (Å²) in [6.45, 7) is 8.08. The molecule has 4 aliphatic rings. The van der Waals surface area contributed by atoms with Gasteiger partial charge in [0.15, 0.2) is 23.6 Å². The average molecular weight is 750 g/mol. The monoisotopic (exact) mass is 749 g/mol. The van der Waals surface area contributed by atoms with E-state index in [1.165, 1.54) is 19.1 Å². The first-order valence-electron chi connectivity index (χ1n) is 17.9. The Bertz CT molecular complexity index is 1860. The number of ketones is 1. The van der Waals surface area contributed by atoms with Gasteiger partial charge in [0.2, 0.25) is 0 Å². The van der Waals surface area contributed by atoms with Crippen LogP contribution in [0, 0.1) is 16.7 Å². The molecule has 2 aromatic rings. The number of aliphatic hydroxyl groups excluding tert-OH is 2. The number of fused-ring (bicyclic) bond motifs is 5. The molecule has 1 saturated heterocycles. The fraction of sp³-hybridized carbons (Fsp3) is 0.525. The molecule has 2 bridgehead atoms. The molecule has 0 radical (unpaired) electrons. The topological polar surface area (TPSA) is 218 Å². The largest absolute Gasteiger partial charge is 0.456 e. The zero-order chi connectivity index (χ0) is 39.5. The molecule has 0 amide bonds. The van der Waals surface area contributed by atoms with E-state index < -0.39 is 107 Å². The molecule has 3 aliphatic carbocycles. The number of carbonyl (C=O) groups is 5. The average Bonchev–Trinajstić information content (AvgIpc) is 3.12. The molecule has 5 N–H and O–H groups in total. The van der Waals surface area contributed by atoms with Crippen LogP contribution in [-0.2, 0) is 42.9 Å². The normalized spacial score (nSPS) is 35.0. The number of hydrogen-bond acceptors (Lipinski definition) is 14. The zero-order valence-corrected chi connectivity index (χ0v) is 31.0. The number of hydrogen-bond donors (Lipinski definition) is 4. The summed E-state index contributed by atoms with van der Waals surface area (Å²) < 4.78 is 29.9. The Kier molecular flexibility index (Phi) is 10.2. The van der Waals surface area contributed by atoms with Crippen molar-refractivity contribution in [2.24, 2.45) is 22.5 Å². The summed E-state index contributed by atoms with van der Waals surface area (Å²) in [5.74, 6) is -6.01. The number of rotatable bonds is 8. The van der Waals surface area contributed by atoms with E-state index in [4.69, 9.17) is 29.4 Å². The van der Waals surface area contributed by atoms with Crippen LogP contribution < -0.4 is 5.73 Å². The van der Waals surface area contributed by atoms with Gasteiger partial charge in [-0.3, -0.25) is 14.4 Å². The standard InChI is InChI=1S/C40H47NO13/c1-20-25(52-36(48)30(45)29(41)23-13-9-7-10-14-23)18-40(49)34(53-35(47)24-15-11-8-12-16-24)32-38(6,26(44)17-27-39(32,19-50-27)54-22(3)43)33(46)31(51-21(2)42)28(20)37(40,4)5/h7-16,25-27,29-32,34,44-45,49H,17-19,41H2,1-6H3/t25-,26-,27+,29-,30+,31+,32-,34-,38+,39-,40+/m0/s1. The highest BCUT2D eigenvalue weighted by molar-refractivity contribution is 5.95. The van der Waals surface area contributed by atoms with Crippen molar-refractivity contribution in [3.05, 3.63) is 82.9 Å². The lowest BCUT2D eigenvalue weighted by Gasteiger charge is -2.67. The molecule has 0 spiro atoms. The van der Waals surface area contributed by atoms with Crippen LogP contribution in [0.4, 0.5) is 0 Å². The quantitative estimate of drug-likeness (QED) is 0.173. The molecular formula is C40H47NO13. The molecule has 2 aromatic carbocycles. The molecule has 3 fully saturated rings. The van der Waals surface area contributed by atoms with E-state index in [2.05, 4.69) is 0 Å². The first-order chi connectivity index (χ1) is 25.3. The fourth-order valence-corrected chi connectivity index (χ4v) is 9.23. The van der Waals surface area contributed by atoms with Crippen LogP contribution in [0.2, 0.25) is 0 Å². The van der Waals surface area contributed by atoms with Crippen LogP contribution in [0.15, 0.2) is 71.8 Å². The Hall–Kier alpha value is -4.47. The molecule has 2 saturated carbocycles. The summed E-state index contributed by atoms with van der Waals surface area (Å²) in [6.07, 6.45) is -9.98. The van der Waals surface area contributed by atoms with Crippen LogP contribution in [0.25, 0.3) is 0 Å². The second-order valence-corrected chi connectivity index (χ2v) is 15.6. The number of aliphatic hydroxyl groups is 3. The lowest BCUT2D eigenvalue weighted by molar-refractivity contribution is -0.346. The summed E-state index contributed by atoms with van der Waals surface area (Å²) >= 11 is 0. The van der Waals surface area contributed by atoms with Gasteiger partial charge in [-0.15, -0.1) is 0 Å². The molecule has 290 valence electrons. The Morgan fingerprint density at radius 3 is 2.09 bits per heavy atom. The van der Waals surface area contributed by atoms with Gasteiger partial charge in [-0.25, -0.2) is 9.59 Å². The number of nitrogens with two attached hydrogens (primary N) is 1. The minimum Gasteiger partial charge on any atom is -0.456 e. The Morgan fingerprint density at radius 2 is 1.54 bits per heavy atom. The highest BCUT2D eigenvalue weighted by Crippen LogP contribution is 2.64. The third kappa shape index (κ3) is 6.04. The van der Waals surface area contributed by atoms with Crippen molar-refractivity contribution in [3.63, 3.8) is 0 Å². The summed E-state index contributed by atoms with van der Waals surface area (Å²) in [6, 6.07) is 15.1. The minimum absolute atomic E-state index is 0.0391. The van der Waals surface area contributed by atoms with Gasteiger partial charge in [0.05, 0.1) is 35.6 Å². The van der Waals surface area contributed by atoms with E-state index in [0.717, 1.165) is 13.8 Å². The van der Waals surface area contributed by atoms with E-state index >= 15 is 4.79 Å². The van der Waals surface area contributed by atoms with Gasteiger partial charge in [-0.1, -0.05) is 62.4 Å². The van der Waals surface area contributed by atoms with E-state index in [0.29, 0.717) is 5.56 Å². The van der Waals surface area contributed by atoms with Crippen LogP contribution in [0.5, 0.6) is 0 Å². The van der Waals surface area contributed by atoms with Crippen molar-refractivity contribution >= 4 is 29.7 Å².